The molecule has 1 unspecified atom stereocenters. The number of nitrogens with one attached hydrogen (secondary N) is 1. The Morgan fingerprint density at radius 2 is 1.43 bits per heavy atom. The molecule has 0 aliphatic carbocycles. The first-order valence-electron chi connectivity index (χ1n) is 14.6. The molecule has 6 aromatic rings. The van der Waals surface area contributed by atoms with Crippen molar-refractivity contribution in [3.63, 3.8) is 0 Å². The lowest BCUT2D eigenvalue weighted by molar-refractivity contribution is -0.115. The summed E-state index contributed by atoms with van der Waals surface area (Å²) in [7, 11) is 0. The number of benzene rings is 4. The zero-order chi connectivity index (χ0) is 32.2. The number of nitriles is 1. The number of amides is 1. The lowest BCUT2D eigenvalue weighted by atomic mass is 9.98. The smallest absolute Gasteiger partial charge is 0.336 e. The molecule has 4 aromatic carbocycles. The van der Waals surface area contributed by atoms with Gasteiger partial charge in [0.05, 0.1) is 33.3 Å². The van der Waals surface area contributed by atoms with Gasteiger partial charge in [0.15, 0.2) is 0 Å². The SMILES string of the molecule is Cc1ccc(-c2cc(-c3ccccc3)nc(SC(C)C(=O)Nc3ccc(-c4cc(C(=O)O)c5ccccc5n4)cc3)c2C#N)cc1. The molecule has 0 saturated carbocycles. The molecule has 0 spiro atoms. The van der Waals surface area contributed by atoms with Crippen LogP contribution in [0.15, 0.2) is 120 Å². The van der Waals surface area contributed by atoms with Gasteiger partial charge in [0.25, 0.3) is 0 Å². The number of aromatic carboxylic acids is 1. The average molecular weight is 621 g/mol. The Morgan fingerprint density at radius 3 is 2.13 bits per heavy atom. The van der Waals surface area contributed by atoms with Crippen LogP contribution in [0.1, 0.15) is 28.4 Å². The number of carboxylic acids is 1. The van der Waals surface area contributed by atoms with E-state index in [0.29, 0.717) is 38.6 Å². The molecular weight excluding hydrogens is 593 g/mol. The van der Waals surface area contributed by atoms with Gasteiger partial charge in [0.2, 0.25) is 5.91 Å². The first-order chi connectivity index (χ1) is 22.3. The van der Waals surface area contributed by atoms with Crippen LogP contribution in [0, 0.1) is 18.3 Å². The number of carboxylic acid groups (broad SMARTS) is 1. The molecule has 1 amide bonds. The van der Waals surface area contributed by atoms with Crippen molar-refractivity contribution < 1.29 is 14.7 Å². The van der Waals surface area contributed by atoms with Crippen LogP contribution >= 0.6 is 11.8 Å². The first-order valence-corrected chi connectivity index (χ1v) is 15.5. The Hall–Kier alpha value is -5.78. The summed E-state index contributed by atoms with van der Waals surface area (Å²) in [5, 5.41) is 23.4. The van der Waals surface area contributed by atoms with Crippen molar-refractivity contribution in [2.24, 2.45) is 0 Å². The van der Waals surface area contributed by atoms with Crippen LogP contribution in [0.25, 0.3) is 44.5 Å². The quantitative estimate of drug-likeness (QED) is 0.164. The maximum absolute atomic E-state index is 13.4. The topological polar surface area (TPSA) is 116 Å². The van der Waals surface area contributed by atoms with Crippen LogP contribution in [0.3, 0.4) is 0 Å². The second kappa shape index (κ2) is 13.1. The fraction of sp³-hybridized carbons (Fsp3) is 0.0789. The van der Waals surface area contributed by atoms with Crippen molar-refractivity contribution in [3.05, 3.63) is 132 Å². The maximum Gasteiger partial charge on any atom is 0.336 e. The zero-order valence-corrected chi connectivity index (χ0v) is 25.9. The average Bonchev–Trinajstić information content (AvgIpc) is 3.08. The van der Waals surface area contributed by atoms with E-state index in [4.69, 9.17) is 4.98 Å². The van der Waals surface area contributed by atoms with Crippen molar-refractivity contribution in [1.82, 2.24) is 9.97 Å². The van der Waals surface area contributed by atoms with E-state index in [2.05, 4.69) is 16.4 Å². The summed E-state index contributed by atoms with van der Waals surface area (Å²) in [6, 6.07) is 37.8. The largest absolute Gasteiger partial charge is 0.478 e. The number of nitrogens with zero attached hydrogens (tertiary/aromatic N) is 3. The molecule has 0 radical (unpaired) electrons. The standard InChI is InChI=1S/C38H28N4O3S/c1-23-12-14-25(15-13-23)30-20-35(26-8-4-3-5-9-26)42-37(32(30)22-39)46-24(2)36(43)40-28-18-16-27(17-19-28)34-21-31(38(44)45)29-10-6-7-11-33(29)41-34/h3-21,24H,1-2H3,(H,40,43)(H,44,45). The molecular formula is C38H28N4O3S. The molecule has 1 atom stereocenters. The van der Waals surface area contributed by atoms with E-state index in [-0.39, 0.29) is 11.5 Å². The highest BCUT2D eigenvalue weighted by Crippen LogP contribution is 2.36. The number of aromatic nitrogens is 2. The molecule has 0 saturated heterocycles. The van der Waals surface area contributed by atoms with E-state index in [9.17, 15) is 20.0 Å². The summed E-state index contributed by atoms with van der Waals surface area (Å²) in [6.07, 6.45) is 0. The minimum absolute atomic E-state index is 0.177. The van der Waals surface area contributed by atoms with Crippen LogP contribution in [-0.2, 0) is 4.79 Å². The normalized spacial score (nSPS) is 11.5. The van der Waals surface area contributed by atoms with Crippen molar-refractivity contribution in [3.8, 4) is 39.7 Å². The number of fused-ring (bicyclic) bond motifs is 1. The van der Waals surface area contributed by atoms with Crippen LogP contribution in [-0.4, -0.2) is 32.2 Å². The van der Waals surface area contributed by atoms with Crippen molar-refractivity contribution in [2.75, 3.05) is 5.32 Å². The molecule has 7 nitrogen and oxygen atoms in total. The summed E-state index contributed by atoms with van der Waals surface area (Å²) in [5.74, 6) is -1.27. The summed E-state index contributed by atoms with van der Waals surface area (Å²) >= 11 is 1.24. The van der Waals surface area contributed by atoms with E-state index in [0.717, 1.165) is 27.8 Å². The van der Waals surface area contributed by atoms with Gasteiger partial charge in [-0.3, -0.25) is 4.79 Å². The van der Waals surface area contributed by atoms with Gasteiger partial charge in [-0.15, -0.1) is 0 Å². The molecule has 6 rings (SSSR count). The van der Waals surface area contributed by atoms with Crippen molar-refractivity contribution >= 4 is 40.2 Å². The van der Waals surface area contributed by atoms with E-state index < -0.39 is 11.2 Å². The number of carbonyl (C=O) groups is 2. The van der Waals surface area contributed by atoms with Gasteiger partial charge in [0.1, 0.15) is 11.1 Å². The van der Waals surface area contributed by atoms with Crippen LogP contribution < -0.4 is 5.32 Å². The third-order valence-electron chi connectivity index (χ3n) is 7.58. The number of hydrogen-bond acceptors (Lipinski definition) is 6. The number of pyridine rings is 2. The van der Waals surface area contributed by atoms with Gasteiger partial charge in [0, 0.05) is 27.8 Å². The van der Waals surface area contributed by atoms with E-state index in [1.807, 2.05) is 73.7 Å². The van der Waals surface area contributed by atoms with Crippen LogP contribution in [0.4, 0.5) is 5.69 Å². The summed E-state index contributed by atoms with van der Waals surface area (Å²) in [5.41, 5.74) is 7.41. The lowest BCUT2D eigenvalue weighted by Crippen LogP contribution is -2.22. The number of rotatable bonds is 8. The van der Waals surface area contributed by atoms with E-state index in [1.165, 1.54) is 11.8 Å². The molecule has 8 heteroatoms. The highest BCUT2D eigenvalue weighted by molar-refractivity contribution is 8.00. The monoisotopic (exact) mass is 620 g/mol. The molecule has 0 fully saturated rings. The van der Waals surface area contributed by atoms with Gasteiger partial charge >= 0.3 is 5.97 Å². The molecule has 0 aliphatic rings. The second-order valence-electron chi connectivity index (χ2n) is 10.8. The molecule has 224 valence electrons. The highest BCUT2D eigenvalue weighted by atomic mass is 32.2. The van der Waals surface area contributed by atoms with E-state index in [1.54, 1.807) is 55.5 Å². The molecule has 0 aliphatic heterocycles. The van der Waals surface area contributed by atoms with E-state index >= 15 is 0 Å². The number of para-hydroxylation sites is 1. The van der Waals surface area contributed by atoms with Crippen LogP contribution in [0.2, 0.25) is 0 Å². The lowest BCUT2D eigenvalue weighted by Gasteiger charge is -2.16. The number of hydrogen-bond donors (Lipinski definition) is 2. The molecule has 2 heterocycles. The Labute approximate surface area is 270 Å². The fourth-order valence-electron chi connectivity index (χ4n) is 5.12. The fourth-order valence-corrected chi connectivity index (χ4v) is 6.05. The minimum Gasteiger partial charge on any atom is -0.478 e. The van der Waals surface area contributed by atoms with Crippen molar-refractivity contribution in [2.45, 2.75) is 24.1 Å². The maximum atomic E-state index is 13.4. The highest BCUT2D eigenvalue weighted by Gasteiger charge is 2.22. The van der Waals surface area contributed by atoms with Gasteiger partial charge in [-0.1, -0.05) is 102 Å². The number of thioether (sulfide) groups is 1. The molecule has 2 N–H and O–H groups in total. The predicted molar refractivity (Wildman–Crippen MR) is 183 cm³/mol. The Morgan fingerprint density at radius 1 is 0.804 bits per heavy atom. The third kappa shape index (κ3) is 6.36. The second-order valence-corrected chi connectivity index (χ2v) is 12.1. The molecule has 0 bridgehead atoms. The summed E-state index contributed by atoms with van der Waals surface area (Å²) in [4.78, 5) is 34.8. The minimum atomic E-state index is -1.02. The van der Waals surface area contributed by atoms with Crippen LogP contribution in [0.5, 0.6) is 0 Å². The third-order valence-corrected chi connectivity index (χ3v) is 8.67. The van der Waals surface area contributed by atoms with Gasteiger partial charge in [-0.2, -0.15) is 5.26 Å². The molecule has 46 heavy (non-hydrogen) atoms. The zero-order valence-electron chi connectivity index (χ0n) is 25.1. The van der Waals surface area contributed by atoms with Crippen molar-refractivity contribution in [1.29, 1.82) is 5.26 Å². The number of carbonyl (C=O) groups excluding carboxylic acids is 1. The summed E-state index contributed by atoms with van der Waals surface area (Å²) in [6.45, 7) is 3.80. The summed E-state index contributed by atoms with van der Waals surface area (Å²) < 4.78 is 0. The molecule has 2 aromatic heterocycles. The van der Waals surface area contributed by atoms with Gasteiger partial charge in [-0.05, 0) is 49.7 Å². The predicted octanol–water partition coefficient (Wildman–Crippen LogP) is 8.63. The van der Waals surface area contributed by atoms with Gasteiger partial charge in [-0.25, -0.2) is 14.8 Å². The number of aryl methyl sites for hydroxylation is 1. The first kappa shape index (κ1) is 30.3. The van der Waals surface area contributed by atoms with Gasteiger partial charge < -0.3 is 10.4 Å². The Balaban J connectivity index is 1.25. The Bertz CT molecular complexity index is 2120. The Kier molecular flexibility index (Phi) is 8.59. The number of anilines is 1.